The van der Waals surface area contributed by atoms with Crippen molar-refractivity contribution < 1.29 is 4.79 Å². The molecule has 0 atom stereocenters. The number of thioether (sulfide) groups is 1. The highest BCUT2D eigenvalue weighted by Gasteiger charge is 2.15. The quantitative estimate of drug-likeness (QED) is 0.349. The first kappa shape index (κ1) is 21.9. The fourth-order valence-electron chi connectivity index (χ4n) is 2.72. The summed E-state index contributed by atoms with van der Waals surface area (Å²) in [5.74, 6) is 1.42. The lowest BCUT2D eigenvalue weighted by Gasteiger charge is -2.12. The SMILES string of the molecule is CCSc1nc(NC(C)C)c2cnn(CCNC(=O)c3cc(Br)ccc3Cl)c2n1. The highest BCUT2D eigenvalue weighted by molar-refractivity contribution is 9.10. The normalized spacial score (nSPS) is 11.2. The van der Waals surface area contributed by atoms with Crippen molar-refractivity contribution in [2.75, 3.05) is 17.6 Å². The molecule has 0 spiro atoms. The molecular formula is C19H22BrClN6OS. The number of halogens is 2. The Labute approximate surface area is 187 Å². The first-order valence-corrected chi connectivity index (χ1v) is 11.4. The molecule has 2 heterocycles. The number of benzene rings is 1. The summed E-state index contributed by atoms with van der Waals surface area (Å²) in [6, 6.07) is 5.43. The van der Waals surface area contributed by atoms with Gasteiger partial charge in [0.05, 0.1) is 28.7 Å². The van der Waals surface area contributed by atoms with Crippen LogP contribution < -0.4 is 10.6 Å². The van der Waals surface area contributed by atoms with E-state index in [1.54, 1.807) is 40.8 Å². The first-order valence-electron chi connectivity index (χ1n) is 9.25. The number of hydrogen-bond donors (Lipinski definition) is 2. The number of nitrogens with one attached hydrogen (secondary N) is 2. The van der Waals surface area contributed by atoms with Gasteiger partial charge in [0.15, 0.2) is 10.8 Å². The fourth-order valence-corrected chi connectivity index (χ4v) is 3.85. The third kappa shape index (κ3) is 5.40. The van der Waals surface area contributed by atoms with E-state index in [0.29, 0.717) is 28.8 Å². The Morgan fingerprint density at radius 3 is 2.86 bits per heavy atom. The molecule has 0 bridgehead atoms. The van der Waals surface area contributed by atoms with E-state index in [0.717, 1.165) is 27.1 Å². The van der Waals surface area contributed by atoms with Crippen LogP contribution in [-0.4, -0.2) is 44.0 Å². The van der Waals surface area contributed by atoms with Crippen LogP contribution in [0, 0.1) is 0 Å². The first-order chi connectivity index (χ1) is 13.9. The Morgan fingerprint density at radius 1 is 1.34 bits per heavy atom. The summed E-state index contributed by atoms with van der Waals surface area (Å²) in [5.41, 5.74) is 1.17. The Morgan fingerprint density at radius 2 is 2.14 bits per heavy atom. The largest absolute Gasteiger partial charge is 0.367 e. The third-order valence-corrected chi connectivity index (χ3v) is 5.51. The van der Waals surface area contributed by atoms with Crippen molar-refractivity contribution in [3.8, 4) is 0 Å². The highest BCUT2D eigenvalue weighted by atomic mass is 79.9. The summed E-state index contributed by atoms with van der Waals surface area (Å²) in [6.45, 7) is 7.07. The van der Waals surface area contributed by atoms with Crippen molar-refractivity contribution >= 4 is 62.1 Å². The number of carbonyl (C=O) groups excluding carboxylic acids is 1. The molecule has 0 radical (unpaired) electrons. The van der Waals surface area contributed by atoms with Gasteiger partial charge >= 0.3 is 0 Å². The molecule has 0 saturated heterocycles. The lowest BCUT2D eigenvalue weighted by Crippen LogP contribution is -2.27. The molecule has 2 N–H and O–H groups in total. The van der Waals surface area contributed by atoms with Gasteiger partial charge in [-0.25, -0.2) is 14.6 Å². The third-order valence-electron chi connectivity index (χ3n) is 3.96. The molecule has 0 aliphatic rings. The number of rotatable bonds is 8. The molecule has 0 unspecified atom stereocenters. The van der Waals surface area contributed by atoms with Gasteiger partial charge in [-0.3, -0.25) is 4.79 Å². The van der Waals surface area contributed by atoms with E-state index in [1.165, 1.54) is 0 Å². The Hall–Kier alpha value is -1.84. The lowest BCUT2D eigenvalue weighted by molar-refractivity contribution is 0.0952. The number of amides is 1. The number of aromatic nitrogens is 4. The average molecular weight is 498 g/mol. The number of hydrogen-bond acceptors (Lipinski definition) is 6. The molecule has 7 nitrogen and oxygen atoms in total. The van der Waals surface area contributed by atoms with Gasteiger partial charge in [-0.2, -0.15) is 5.10 Å². The summed E-state index contributed by atoms with van der Waals surface area (Å²) in [5, 5.41) is 12.7. The molecule has 0 saturated carbocycles. The Kier molecular flexibility index (Phi) is 7.37. The van der Waals surface area contributed by atoms with E-state index in [9.17, 15) is 4.79 Å². The Bertz CT molecular complexity index is 1030. The summed E-state index contributed by atoms with van der Waals surface area (Å²) in [6.07, 6.45) is 1.76. The van der Waals surface area contributed by atoms with Crippen molar-refractivity contribution in [1.82, 2.24) is 25.1 Å². The predicted molar refractivity (Wildman–Crippen MR) is 122 cm³/mol. The maximum atomic E-state index is 12.4. The molecule has 154 valence electrons. The lowest BCUT2D eigenvalue weighted by atomic mass is 10.2. The average Bonchev–Trinajstić information content (AvgIpc) is 3.07. The van der Waals surface area contributed by atoms with E-state index in [1.807, 2.05) is 0 Å². The molecule has 29 heavy (non-hydrogen) atoms. The van der Waals surface area contributed by atoms with E-state index in [2.05, 4.69) is 62.4 Å². The molecule has 0 aliphatic heterocycles. The fraction of sp³-hybridized carbons (Fsp3) is 0.368. The van der Waals surface area contributed by atoms with Crippen LogP contribution in [0.4, 0.5) is 5.82 Å². The second kappa shape index (κ2) is 9.77. The molecule has 10 heteroatoms. The topological polar surface area (TPSA) is 84.7 Å². The van der Waals surface area contributed by atoms with Crippen LogP contribution in [0.25, 0.3) is 11.0 Å². The van der Waals surface area contributed by atoms with Crippen LogP contribution >= 0.6 is 39.3 Å². The van der Waals surface area contributed by atoms with E-state index in [-0.39, 0.29) is 11.9 Å². The van der Waals surface area contributed by atoms with Gasteiger partial charge < -0.3 is 10.6 Å². The number of carbonyl (C=O) groups is 1. The van der Waals surface area contributed by atoms with Crippen molar-refractivity contribution in [3.63, 3.8) is 0 Å². The smallest absolute Gasteiger partial charge is 0.252 e. The van der Waals surface area contributed by atoms with Crippen LogP contribution in [0.1, 0.15) is 31.1 Å². The van der Waals surface area contributed by atoms with Gasteiger partial charge in [0, 0.05) is 17.1 Å². The summed E-state index contributed by atoms with van der Waals surface area (Å²) in [7, 11) is 0. The van der Waals surface area contributed by atoms with Crippen molar-refractivity contribution in [3.05, 3.63) is 39.5 Å². The molecule has 2 aromatic heterocycles. The maximum absolute atomic E-state index is 12.4. The molecule has 3 rings (SSSR count). The molecule has 3 aromatic rings. The van der Waals surface area contributed by atoms with Crippen LogP contribution in [0.15, 0.2) is 34.0 Å². The summed E-state index contributed by atoms with van der Waals surface area (Å²) in [4.78, 5) is 21.7. The molecular weight excluding hydrogens is 476 g/mol. The standard InChI is InChI=1S/C19H22BrClN6OS/c1-4-29-19-25-16(24-11(2)3)14-10-23-27(17(14)26-19)8-7-22-18(28)13-9-12(20)5-6-15(13)21/h5-6,9-11H,4,7-8H2,1-3H3,(H,22,28)(H,24,25,26). The van der Waals surface area contributed by atoms with Gasteiger partial charge in [0.25, 0.3) is 5.91 Å². The van der Waals surface area contributed by atoms with Gasteiger partial charge in [-0.05, 0) is 37.8 Å². The molecule has 1 aromatic carbocycles. The van der Waals surface area contributed by atoms with Crippen LogP contribution in [-0.2, 0) is 6.54 Å². The minimum Gasteiger partial charge on any atom is -0.367 e. The monoisotopic (exact) mass is 496 g/mol. The highest BCUT2D eigenvalue weighted by Crippen LogP contribution is 2.25. The van der Waals surface area contributed by atoms with E-state index in [4.69, 9.17) is 11.6 Å². The second-order valence-corrected chi connectivity index (χ2v) is 9.13. The van der Waals surface area contributed by atoms with Gasteiger partial charge in [-0.1, -0.05) is 46.2 Å². The van der Waals surface area contributed by atoms with Crippen LogP contribution in [0.3, 0.4) is 0 Å². The second-order valence-electron chi connectivity index (χ2n) is 6.57. The molecule has 0 aliphatic carbocycles. The van der Waals surface area contributed by atoms with Gasteiger partial charge in [0.1, 0.15) is 5.82 Å². The summed E-state index contributed by atoms with van der Waals surface area (Å²) >= 11 is 11.1. The van der Waals surface area contributed by atoms with Crippen LogP contribution in [0.5, 0.6) is 0 Å². The van der Waals surface area contributed by atoms with Crippen molar-refractivity contribution in [1.29, 1.82) is 0 Å². The van der Waals surface area contributed by atoms with Gasteiger partial charge in [-0.15, -0.1) is 0 Å². The minimum absolute atomic E-state index is 0.230. The molecule has 1 amide bonds. The van der Waals surface area contributed by atoms with Crippen molar-refractivity contribution in [2.45, 2.75) is 38.5 Å². The maximum Gasteiger partial charge on any atom is 0.252 e. The minimum atomic E-state index is -0.230. The zero-order valence-electron chi connectivity index (χ0n) is 16.4. The molecule has 0 fully saturated rings. The Balaban J connectivity index is 1.77. The van der Waals surface area contributed by atoms with E-state index < -0.39 is 0 Å². The number of anilines is 1. The van der Waals surface area contributed by atoms with Gasteiger partial charge in [0.2, 0.25) is 0 Å². The van der Waals surface area contributed by atoms with Crippen molar-refractivity contribution in [2.24, 2.45) is 0 Å². The zero-order chi connectivity index (χ0) is 21.0. The van der Waals surface area contributed by atoms with E-state index >= 15 is 0 Å². The predicted octanol–water partition coefficient (Wildman–Crippen LogP) is 4.60. The van der Waals surface area contributed by atoms with Crippen LogP contribution in [0.2, 0.25) is 5.02 Å². The summed E-state index contributed by atoms with van der Waals surface area (Å²) < 4.78 is 2.58. The number of fused-ring (bicyclic) bond motifs is 1. The number of nitrogens with zero attached hydrogens (tertiary/aromatic N) is 4. The zero-order valence-corrected chi connectivity index (χ0v) is 19.5.